The highest BCUT2D eigenvalue weighted by atomic mass is 16.3. The molecule has 2 atom stereocenters. The second-order valence-electron chi connectivity index (χ2n) is 7.76. The Labute approximate surface area is 171 Å². The van der Waals surface area contributed by atoms with Crippen LogP contribution < -0.4 is 5.32 Å². The van der Waals surface area contributed by atoms with Gasteiger partial charge in [-0.05, 0) is 31.4 Å². The fourth-order valence-electron chi connectivity index (χ4n) is 3.72. The van der Waals surface area contributed by atoms with Gasteiger partial charge in [-0.1, -0.05) is 67.4 Å². The maximum Gasteiger partial charge on any atom is 0.261 e. The van der Waals surface area contributed by atoms with Crippen LogP contribution in [-0.4, -0.2) is 33.6 Å². The topological polar surface area (TPSA) is 86.6 Å². The molecule has 152 valence electrons. The van der Waals surface area contributed by atoms with Crippen molar-refractivity contribution >= 4 is 17.4 Å². The Balaban J connectivity index is 2.14. The van der Waals surface area contributed by atoms with E-state index in [4.69, 9.17) is 0 Å². The van der Waals surface area contributed by atoms with Crippen LogP contribution in [0.25, 0.3) is 5.70 Å². The summed E-state index contributed by atoms with van der Waals surface area (Å²) < 4.78 is 0. The molecule has 3 rings (SSSR count). The molecule has 1 aliphatic heterocycles. The molecule has 0 spiro atoms. The Morgan fingerprint density at radius 3 is 2.28 bits per heavy atom. The second kappa shape index (κ2) is 8.31. The zero-order valence-corrected chi connectivity index (χ0v) is 17.0. The predicted octanol–water partition coefficient (Wildman–Crippen LogP) is 3.17. The van der Waals surface area contributed by atoms with Crippen molar-refractivity contribution in [1.29, 1.82) is 0 Å². The van der Waals surface area contributed by atoms with Gasteiger partial charge in [-0.3, -0.25) is 9.59 Å². The third kappa shape index (κ3) is 4.16. The van der Waals surface area contributed by atoms with Gasteiger partial charge in [-0.25, -0.2) is 0 Å². The van der Waals surface area contributed by atoms with E-state index in [1.165, 1.54) is 6.92 Å². The summed E-state index contributed by atoms with van der Waals surface area (Å²) in [6, 6.07) is 14.6. The summed E-state index contributed by atoms with van der Waals surface area (Å²) in [5, 5.41) is 23.8. The summed E-state index contributed by atoms with van der Waals surface area (Å²) in [6.45, 7) is 5.50. The zero-order valence-electron chi connectivity index (χ0n) is 17.0. The van der Waals surface area contributed by atoms with Crippen LogP contribution in [0.15, 0.2) is 54.1 Å². The number of Topliss-reactive ketones (excluding diaryl/α,β-unsaturated/α-hetero) is 1. The van der Waals surface area contributed by atoms with E-state index in [2.05, 4.69) is 12.2 Å². The average Bonchev–Trinajstić information content (AvgIpc) is 2.92. The standard InChI is InChI=1S/C24H27NO4/c1-4-5-17-8-12-18(13-9-17)21-20(22(27)19-10-6-15(2)7-11-19)24(29,14-16(3)26)23(28)25-21/h6-13,16,26,29H,4-5,14H2,1-3H3,(H,25,28). The van der Waals surface area contributed by atoms with Crippen molar-refractivity contribution in [2.75, 3.05) is 0 Å². The number of aliphatic hydroxyl groups excluding tert-OH is 1. The van der Waals surface area contributed by atoms with Crippen LogP contribution in [0, 0.1) is 6.92 Å². The number of nitrogens with one attached hydrogen (secondary N) is 1. The lowest BCUT2D eigenvalue weighted by molar-refractivity contribution is -0.135. The number of carbonyl (C=O) groups excluding carboxylic acids is 2. The maximum absolute atomic E-state index is 13.4. The SMILES string of the molecule is CCCc1ccc(C2=C(C(=O)c3ccc(C)cc3)C(O)(CC(C)O)C(=O)N2)cc1. The number of benzene rings is 2. The first kappa shape index (κ1) is 21.0. The number of rotatable bonds is 7. The van der Waals surface area contributed by atoms with Crippen molar-refractivity contribution in [2.45, 2.75) is 51.7 Å². The van der Waals surface area contributed by atoms with E-state index in [1.54, 1.807) is 12.1 Å². The van der Waals surface area contributed by atoms with Crippen molar-refractivity contribution < 1.29 is 19.8 Å². The number of hydrogen-bond donors (Lipinski definition) is 3. The molecule has 1 amide bonds. The molecule has 0 fully saturated rings. The Hall–Kier alpha value is -2.76. The number of amides is 1. The van der Waals surface area contributed by atoms with Gasteiger partial charge in [0.15, 0.2) is 11.4 Å². The van der Waals surface area contributed by atoms with Crippen molar-refractivity contribution in [1.82, 2.24) is 5.32 Å². The van der Waals surface area contributed by atoms with Gasteiger partial charge in [0.05, 0.1) is 17.4 Å². The summed E-state index contributed by atoms with van der Waals surface area (Å²) in [5.74, 6) is -1.12. The lowest BCUT2D eigenvalue weighted by Gasteiger charge is -2.24. The average molecular weight is 393 g/mol. The van der Waals surface area contributed by atoms with Crippen LogP contribution in [0.1, 0.15) is 53.7 Å². The Kier molecular flexibility index (Phi) is 6.01. The smallest absolute Gasteiger partial charge is 0.261 e. The number of aryl methyl sites for hydroxylation is 2. The first-order valence-electron chi connectivity index (χ1n) is 9.93. The fraction of sp³-hybridized carbons (Fsp3) is 0.333. The summed E-state index contributed by atoms with van der Waals surface area (Å²) in [4.78, 5) is 26.1. The molecular weight excluding hydrogens is 366 g/mol. The maximum atomic E-state index is 13.4. The fourth-order valence-corrected chi connectivity index (χ4v) is 3.72. The zero-order chi connectivity index (χ0) is 21.2. The van der Waals surface area contributed by atoms with Crippen LogP contribution in [-0.2, 0) is 11.2 Å². The largest absolute Gasteiger partial charge is 0.393 e. The molecule has 0 saturated heterocycles. The van der Waals surface area contributed by atoms with Crippen LogP contribution in [0.2, 0.25) is 0 Å². The third-order valence-electron chi connectivity index (χ3n) is 5.19. The van der Waals surface area contributed by atoms with Gasteiger partial charge in [0.25, 0.3) is 5.91 Å². The van der Waals surface area contributed by atoms with Gasteiger partial charge in [-0.2, -0.15) is 0 Å². The van der Waals surface area contributed by atoms with Crippen LogP contribution in [0.3, 0.4) is 0 Å². The minimum atomic E-state index is -2.09. The van der Waals surface area contributed by atoms with E-state index in [9.17, 15) is 19.8 Å². The minimum Gasteiger partial charge on any atom is -0.393 e. The molecule has 3 N–H and O–H groups in total. The van der Waals surface area contributed by atoms with E-state index in [-0.39, 0.29) is 12.0 Å². The van der Waals surface area contributed by atoms with E-state index < -0.39 is 23.4 Å². The van der Waals surface area contributed by atoms with Crippen molar-refractivity contribution in [3.8, 4) is 0 Å². The number of aliphatic hydroxyl groups is 2. The van der Waals surface area contributed by atoms with Gasteiger partial charge in [0, 0.05) is 12.0 Å². The normalized spacial score (nSPS) is 20.0. The van der Waals surface area contributed by atoms with Crippen molar-refractivity contribution in [2.24, 2.45) is 0 Å². The molecule has 2 unspecified atom stereocenters. The molecule has 2 aromatic carbocycles. The van der Waals surface area contributed by atoms with Gasteiger partial charge in [0.1, 0.15) is 0 Å². The van der Waals surface area contributed by atoms with Gasteiger partial charge in [0.2, 0.25) is 0 Å². The first-order valence-corrected chi connectivity index (χ1v) is 9.93. The highest BCUT2D eigenvalue weighted by molar-refractivity contribution is 6.22. The summed E-state index contributed by atoms with van der Waals surface area (Å²) in [5.41, 5.74) is 1.38. The lowest BCUT2D eigenvalue weighted by atomic mass is 9.83. The Bertz CT molecular complexity index is 942. The number of carbonyl (C=O) groups is 2. The minimum absolute atomic E-state index is 0.0181. The first-order chi connectivity index (χ1) is 13.8. The summed E-state index contributed by atoms with van der Waals surface area (Å²) in [7, 11) is 0. The highest BCUT2D eigenvalue weighted by Crippen LogP contribution is 2.37. The molecule has 0 saturated carbocycles. The number of hydrogen-bond acceptors (Lipinski definition) is 4. The molecular formula is C24H27NO4. The molecule has 0 radical (unpaired) electrons. The Morgan fingerprint density at radius 1 is 1.10 bits per heavy atom. The van der Waals surface area contributed by atoms with Gasteiger partial charge < -0.3 is 15.5 Å². The summed E-state index contributed by atoms with van der Waals surface area (Å²) >= 11 is 0. The number of ketones is 1. The van der Waals surface area contributed by atoms with Gasteiger partial charge in [-0.15, -0.1) is 0 Å². The Morgan fingerprint density at radius 2 is 1.72 bits per heavy atom. The van der Waals surface area contributed by atoms with Gasteiger partial charge >= 0.3 is 0 Å². The molecule has 1 aliphatic rings. The second-order valence-corrected chi connectivity index (χ2v) is 7.76. The molecule has 0 aromatic heterocycles. The monoisotopic (exact) mass is 393 g/mol. The summed E-state index contributed by atoms with van der Waals surface area (Å²) in [6.07, 6.45) is 0.734. The van der Waals surface area contributed by atoms with Crippen molar-refractivity contribution in [3.63, 3.8) is 0 Å². The predicted molar refractivity (Wildman–Crippen MR) is 112 cm³/mol. The van der Waals surface area contributed by atoms with Crippen LogP contribution in [0.5, 0.6) is 0 Å². The van der Waals surface area contributed by atoms with E-state index >= 15 is 0 Å². The molecule has 1 heterocycles. The highest BCUT2D eigenvalue weighted by Gasteiger charge is 2.51. The molecule has 5 nitrogen and oxygen atoms in total. The molecule has 5 heteroatoms. The van der Waals surface area contributed by atoms with E-state index in [0.29, 0.717) is 16.8 Å². The van der Waals surface area contributed by atoms with Crippen LogP contribution in [0.4, 0.5) is 0 Å². The van der Waals surface area contributed by atoms with E-state index in [1.807, 2.05) is 43.3 Å². The van der Waals surface area contributed by atoms with Crippen LogP contribution >= 0.6 is 0 Å². The quantitative estimate of drug-likeness (QED) is 0.631. The molecule has 2 aromatic rings. The molecule has 0 bridgehead atoms. The lowest BCUT2D eigenvalue weighted by Crippen LogP contribution is -2.45. The van der Waals surface area contributed by atoms with E-state index in [0.717, 1.165) is 24.0 Å². The molecule has 29 heavy (non-hydrogen) atoms. The van der Waals surface area contributed by atoms with Crippen molar-refractivity contribution in [3.05, 3.63) is 76.4 Å². The third-order valence-corrected chi connectivity index (χ3v) is 5.19. The molecule has 0 aliphatic carbocycles.